The van der Waals surface area contributed by atoms with Crippen LogP contribution in [0.2, 0.25) is 0 Å². The van der Waals surface area contributed by atoms with Crippen LogP contribution in [-0.2, 0) is 4.79 Å². The van der Waals surface area contributed by atoms with E-state index >= 15 is 0 Å². The Hall–Kier alpha value is -3.28. The molecule has 4 aromatic rings. The predicted molar refractivity (Wildman–Crippen MR) is 116 cm³/mol. The van der Waals surface area contributed by atoms with E-state index in [1.54, 1.807) is 4.57 Å². The molecule has 0 bridgehead atoms. The molecule has 6 heteroatoms. The summed E-state index contributed by atoms with van der Waals surface area (Å²) in [5.74, 6) is 0.366. The Morgan fingerprint density at radius 1 is 1.13 bits per heavy atom. The second-order valence-corrected chi connectivity index (χ2v) is 8.18. The molecule has 1 saturated carbocycles. The standard InChI is InChI=1S/C24H25N3O3/c28-22(26-24-25-19-12-6-7-13-21(19)30-24)20(14-16-8-2-1-3-9-16)27-15-17-10-4-5-11-18(17)23(27)29/h4-7,10-13,15-16,20,29H,1-3,8-9,14H2,(H,25,26,28)/t20-/m0/s1. The van der Waals surface area contributed by atoms with E-state index < -0.39 is 6.04 Å². The number of hydrogen-bond acceptors (Lipinski definition) is 4. The molecular formula is C24H25N3O3. The molecule has 154 valence electrons. The predicted octanol–water partition coefficient (Wildman–Crippen LogP) is 5.64. The molecule has 1 amide bonds. The van der Waals surface area contributed by atoms with Crippen LogP contribution in [0, 0.1) is 5.92 Å². The number of para-hydroxylation sites is 2. The van der Waals surface area contributed by atoms with Gasteiger partial charge in [0.15, 0.2) is 11.5 Å². The van der Waals surface area contributed by atoms with Gasteiger partial charge < -0.3 is 14.1 Å². The third-order valence-electron chi connectivity index (χ3n) is 6.17. The Morgan fingerprint density at radius 3 is 2.70 bits per heavy atom. The molecule has 0 saturated heterocycles. The van der Waals surface area contributed by atoms with Crippen molar-refractivity contribution >= 4 is 33.8 Å². The zero-order chi connectivity index (χ0) is 20.5. The first-order chi connectivity index (χ1) is 14.7. The normalized spacial score (nSPS) is 16.1. The number of oxazole rings is 1. The van der Waals surface area contributed by atoms with Crippen LogP contribution in [0.5, 0.6) is 5.88 Å². The highest BCUT2D eigenvalue weighted by Gasteiger charge is 2.29. The molecule has 0 aliphatic heterocycles. The van der Waals surface area contributed by atoms with Crippen LogP contribution >= 0.6 is 0 Å². The first kappa shape index (κ1) is 18.7. The smallest absolute Gasteiger partial charge is 0.302 e. The number of fused-ring (bicyclic) bond motifs is 2. The molecule has 5 rings (SSSR count). The van der Waals surface area contributed by atoms with Crippen LogP contribution in [0.3, 0.4) is 0 Å². The van der Waals surface area contributed by atoms with Crippen molar-refractivity contribution in [3.8, 4) is 5.88 Å². The van der Waals surface area contributed by atoms with Gasteiger partial charge in [0.2, 0.25) is 0 Å². The summed E-state index contributed by atoms with van der Waals surface area (Å²) in [5, 5.41) is 15.4. The number of carbonyl (C=O) groups is 1. The SMILES string of the molecule is O=C(Nc1nc2ccccc2o1)[C@H](CC1CCCCC1)n1cc2ccccc2c1O. The number of aromatic nitrogens is 2. The summed E-state index contributed by atoms with van der Waals surface area (Å²) in [7, 11) is 0. The van der Waals surface area contributed by atoms with Crippen LogP contribution < -0.4 is 5.32 Å². The number of amides is 1. The van der Waals surface area contributed by atoms with Gasteiger partial charge in [-0.15, -0.1) is 0 Å². The second-order valence-electron chi connectivity index (χ2n) is 8.18. The Kier molecular flexibility index (Phi) is 4.91. The number of carbonyl (C=O) groups excluding carboxylic acids is 1. The van der Waals surface area contributed by atoms with Crippen molar-refractivity contribution in [2.75, 3.05) is 5.32 Å². The number of nitrogens with one attached hydrogen (secondary N) is 1. The van der Waals surface area contributed by atoms with Gasteiger partial charge in [-0.1, -0.05) is 62.4 Å². The third kappa shape index (κ3) is 3.54. The van der Waals surface area contributed by atoms with E-state index in [-0.39, 0.29) is 17.8 Å². The van der Waals surface area contributed by atoms with Gasteiger partial charge in [0, 0.05) is 17.0 Å². The van der Waals surface area contributed by atoms with Crippen molar-refractivity contribution < 1.29 is 14.3 Å². The van der Waals surface area contributed by atoms with E-state index in [0.29, 0.717) is 23.4 Å². The summed E-state index contributed by atoms with van der Waals surface area (Å²) in [6.45, 7) is 0. The molecule has 2 aromatic carbocycles. The first-order valence-corrected chi connectivity index (χ1v) is 10.6. The Bertz CT molecular complexity index is 1150. The quantitative estimate of drug-likeness (QED) is 0.452. The van der Waals surface area contributed by atoms with Gasteiger partial charge in [-0.05, 0) is 30.5 Å². The average molecular weight is 403 g/mol. The van der Waals surface area contributed by atoms with E-state index in [9.17, 15) is 9.90 Å². The molecule has 1 aliphatic rings. The highest BCUT2D eigenvalue weighted by molar-refractivity contribution is 5.95. The van der Waals surface area contributed by atoms with Gasteiger partial charge in [0.05, 0.1) is 0 Å². The number of aromatic hydroxyl groups is 1. The van der Waals surface area contributed by atoms with Crippen molar-refractivity contribution in [3.63, 3.8) is 0 Å². The lowest BCUT2D eigenvalue weighted by Crippen LogP contribution is -2.28. The summed E-state index contributed by atoms with van der Waals surface area (Å²) in [4.78, 5) is 17.7. The Labute approximate surface area is 174 Å². The molecule has 6 nitrogen and oxygen atoms in total. The van der Waals surface area contributed by atoms with E-state index in [4.69, 9.17) is 4.42 Å². The summed E-state index contributed by atoms with van der Waals surface area (Å²) in [6.07, 6.45) is 8.44. The molecule has 0 spiro atoms. The number of rotatable bonds is 5. The number of anilines is 1. The highest BCUT2D eigenvalue weighted by Crippen LogP contribution is 2.36. The number of benzene rings is 2. The van der Waals surface area contributed by atoms with Crippen LogP contribution in [0.1, 0.15) is 44.6 Å². The maximum absolute atomic E-state index is 13.3. The average Bonchev–Trinajstić information content (AvgIpc) is 3.33. The zero-order valence-corrected chi connectivity index (χ0v) is 16.8. The van der Waals surface area contributed by atoms with Gasteiger partial charge in [0.25, 0.3) is 5.91 Å². The van der Waals surface area contributed by atoms with Gasteiger partial charge in [-0.3, -0.25) is 10.1 Å². The molecule has 0 radical (unpaired) electrons. The van der Waals surface area contributed by atoms with Crippen LogP contribution in [0.15, 0.2) is 59.1 Å². The lowest BCUT2D eigenvalue weighted by Gasteiger charge is -2.27. The fraction of sp³-hybridized carbons (Fsp3) is 0.333. The van der Waals surface area contributed by atoms with Crippen molar-refractivity contribution in [2.24, 2.45) is 5.92 Å². The minimum Gasteiger partial charge on any atom is -0.494 e. The maximum atomic E-state index is 13.3. The molecule has 30 heavy (non-hydrogen) atoms. The largest absolute Gasteiger partial charge is 0.494 e. The molecule has 1 fully saturated rings. The molecular weight excluding hydrogens is 378 g/mol. The van der Waals surface area contributed by atoms with Crippen LogP contribution in [0.25, 0.3) is 21.9 Å². The molecule has 2 N–H and O–H groups in total. The molecule has 2 aromatic heterocycles. The minimum atomic E-state index is -0.532. The number of hydrogen-bond donors (Lipinski definition) is 2. The summed E-state index contributed by atoms with van der Waals surface area (Å²) in [6, 6.07) is 14.7. The van der Waals surface area contributed by atoms with E-state index in [0.717, 1.165) is 23.6 Å². The zero-order valence-electron chi connectivity index (χ0n) is 16.8. The first-order valence-electron chi connectivity index (χ1n) is 10.6. The topological polar surface area (TPSA) is 80.3 Å². The molecule has 0 unspecified atom stereocenters. The Balaban J connectivity index is 1.47. The number of nitrogens with zero attached hydrogens (tertiary/aromatic N) is 2. The van der Waals surface area contributed by atoms with Crippen molar-refractivity contribution in [1.82, 2.24) is 9.55 Å². The Morgan fingerprint density at radius 2 is 1.90 bits per heavy atom. The van der Waals surface area contributed by atoms with Gasteiger partial charge in [-0.2, -0.15) is 4.98 Å². The fourth-order valence-corrected chi connectivity index (χ4v) is 4.60. The molecule has 1 aliphatic carbocycles. The van der Waals surface area contributed by atoms with E-state index in [1.165, 1.54) is 19.3 Å². The monoisotopic (exact) mass is 403 g/mol. The highest BCUT2D eigenvalue weighted by atomic mass is 16.4. The second kappa shape index (κ2) is 7.86. The van der Waals surface area contributed by atoms with Crippen molar-refractivity contribution in [1.29, 1.82) is 0 Å². The van der Waals surface area contributed by atoms with Gasteiger partial charge in [0.1, 0.15) is 11.6 Å². The van der Waals surface area contributed by atoms with E-state index in [2.05, 4.69) is 10.3 Å². The molecule has 2 heterocycles. The molecule has 1 atom stereocenters. The minimum absolute atomic E-state index is 0.124. The summed E-state index contributed by atoms with van der Waals surface area (Å²) in [5.41, 5.74) is 1.33. The van der Waals surface area contributed by atoms with E-state index in [1.807, 2.05) is 54.7 Å². The lowest BCUT2D eigenvalue weighted by molar-refractivity contribution is -0.120. The summed E-state index contributed by atoms with van der Waals surface area (Å²) >= 11 is 0. The maximum Gasteiger partial charge on any atom is 0.302 e. The van der Waals surface area contributed by atoms with Gasteiger partial charge >= 0.3 is 6.01 Å². The summed E-state index contributed by atoms with van der Waals surface area (Å²) < 4.78 is 7.39. The van der Waals surface area contributed by atoms with Crippen LogP contribution in [0.4, 0.5) is 6.01 Å². The van der Waals surface area contributed by atoms with Gasteiger partial charge in [-0.25, -0.2) is 0 Å². The van der Waals surface area contributed by atoms with Crippen molar-refractivity contribution in [3.05, 3.63) is 54.7 Å². The lowest BCUT2D eigenvalue weighted by atomic mass is 9.84. The fourth-order valence-electron chi connectivity index (χ4n) is 4.60. The van der Waals surface area contributed by atoms with Crippen molar-refractivity contribution in [2.45, 2.75) is 44.6 Å². The van der Waals surface area contributed by atoms with Crippen LogP contribution in [-0.4, -0.2) is 20.6 Å². The third-order valence-corrected chi connectivity index (χ3v) is 6.17.